The van der Waals surface area contributed by atoms with Crippen molar-refractivity contribution in [2.45, 2.75) is 46.4 Å². The summed E-state index contributed by atoms with van der Waals surface area (Å²) in [7, 11) is 0. The highest BCUT2D eigenvalue weighted by molar-refractivity contribution is 6.33. The third-order valence-corrected chi connectivity index (χ3v) is 7.38. The molecule has 0 bridgehead atoms. The maximum atomic E-state index is 15.7. The molecule has 4 aromatic rings. The number of fused-ring (bicyclic) bond motifs is 1. The quantitative estimate of drug-likeness (QED) is 0.207. The van der Waals surface area contributed by atoms with Crippen LogP contribution in [0.4, 0.5) is 10.1 Å². The van der Waals surface area contributed by atoms with Gasteiger partial charge >= 0.3 is 5.69 Å². The van der Waals surface area contributed by atoms with E-state index >= 15 is 4.39 Å². The van der Waals surface area contributed by atoms with E-state index in [-0.39, 0.29) is 35.5 Å². The molecule has 0 radical (unpaired) electrons. The van der Waals surface area contributed by atoms with Crippen LogP contribution in [0.1, 0.15) is 52.6 Å². The molecule has 8 nitrogen and oxygen atoms in total. The topological polar surface area (TPSA) is 82.2 Å². The zero-order valence-corrected chi connectivity index (χ0v) is 23.3. The van der Waals surface area contributed by atoms with E-state index in [2.05, 4.69) is 16.7 Å². The molecular weight excluding hydrogens is 533 g/mol. The number of carbonyl (C=O) groups excluding carboxylic acids is 1. The standard InChI is InChI=1S/C30H29ClFN5O3/c1-5-35-26(17-40-16-20-9-7-6-8-10-20)34-37(30(35)39)25-14-21-22(13-24(25)32)29(38)36(15-23(21)18(2)3)27-19(4)11-12-33-28(27)31/h6-14,23H,2,5,15-17H2,1,3-4H3. The van der Waals surface area contributed by atoms with Gasteiger partial charge in [0.1, 0.15) is 18.1 Å². The molecule has 0 spiro atoms. The largest absolute Gasteiger partial charge is 0.369 e. The third-order valence-electron chi connectivity index (χ3n) is 7.11. The van der Waals surface area contributed by atoms with Gasteiger partial charge in [0.15, 0.2) is 11.0 Å². The lowest BCUT2D eigenvalue weighted by molar-refractivity contribution is 0.0977. The number of aromatic nitrogens is 4. The zero-order valence-electron chi connectivity index (χ0n) is 22.5. The van der Waals surface area contributed by atoms with Gasteiger partial charge in [-0.15, -0.1) is 5.10 Å². The molecule has 0 fully saturated rings. The first-order valence-electron chi connectivity index (χ1n) is 12.9. The first kappa shape index (κ1) is 27.5. The van der Waals surface area contributed by atoms with Gasteiger partial charge in [-0.1, -0.05) is 54.1 Å². The molecule has 1 aliphatic heterocycles. The molecule has 0 saturated carbocycles. The molecule has 0 saturated heterocycles. The van der Waals surface area contributed by atoms with Gasteiger partial charge in [-0.2, -0.15) is 4.68 Å². The van der Waals surface area contributed by atoms with E-state index in [1.807, 2.05) is 51.1 Å². The Bertz CT molecular complexity index is 1640. The first-order chi connectivity index (χ1) is 19.2. The number of nitrogens with zero attached hydrogens (tertiary/aromatic N) is 5. The molecule has 0 aliphatic carbocycles. The number of aryl methyl sites for hydroxylation is 1. The van der Waals surface area contributed by atoms with E-state index < -0.39 is 17.4 Å². The molecular formula is C30H29ClFN5O3. The van der Waals surface area contributed by atoms with Crippen LogP contribution in [0, 0.1) is 12.7 Å². The summed E-state index contributed by atoms with van der Waals surface area (Å²) >= 11 is 6.38. The number of pyridine rings is 1. The summed E-state index contributed by atoms with van der Waals surface area (Å²) in [4.78, 5) is 32.6. The van der Waals surface area contributed by atoms with Crippen molar-refractivity contribution in [2.24, 2.45) is 0 Å². The second-order valence-corrected chi connectivity index (χ2v) is 10.2. The number of hydrogen-bond donors (Lipinski definition) is 0. The molecule has 2 aromatic heterocycles. The minimum Gasteiger partial charge on any atom is -0.369 e. The maximum Gasteiger partial charge on any atom is 0.350 e. The average molecular weight is 562 g/mol. The summed E-state index contributed by atoms with van der Waals surface area (Å²) in [6, 6.07) is 14.1. The molecule has 3 heterocycles. The van der Waals surface area contributed by atoms with E-state index in [1.165, 1.54) is 15.5 Å². The summed E-state index contributed by atoms with van der Waals surface area (Å²) in [5.41, 5.74) is 3.23. The Labute approximate surface area is 236 Å². The van der Waals surface area contributed by atoms with Gasteiger partial charge in [0.25, 0.3) is 5.91 Å². The van der Waals surface area contributed by atoms with E-state index in [4.69, 9.17) is 16.3 Å². The molecule has 206 valence electrons. The van der Waals surface area contributed by atoms with Gasteiger partial charge in [0.05, 0.1) is 12.3 Å². The highest BCUT2D eigenvalue weighted by atomic mass is 35.5. The van der Waals surface area contributed by atoms with Crippen LogP contribution in [-0.2, 0) is 24.5 Å². The molecule has 1 unspecified atom stereocenters. The number of amides is 1. The van der Waals surface area contributed by atoms with Gasteiger partial charge in [0, 0.05) is 30.8 Å². The summed E-state index contributed by atoms with van der Waals surface area (Å²) in [5, 5.41) is 4.61. The van der Waals surface area contributed by atoms with Gasteiger partial charge in [-0.3, -0.25) is 9.36 Å². The molecule has 0 N–H and O–H groups in total. The number of anilines is 1. The number of halogens is 2. The van der Waals surface area contributed by atoms with Crippen LogP contribution in [0.2, 0.25) is 5.15 Å². The van der Waals surface area contributed by atoms with Crippen LogP contribution >= 0.6 is 11.6 Å². The summed E-state index contributed by atoms with van der Waals surface area (Å²) < 4.78 is 24.0. The molecule has 40 heavy (non-hydrogen) atoms. The molecule has 1 aliphatic rings. The van der Waals surface area contributed by atoms with Crippen molar-refractivity contribution in [3.8, 4) is 5.69 Å². The number of carbonyl (C=O) groups is 1. The minimum atomic E-state index is -0.747. The van der Waals surface area contributed by atoms with Gasteiger partial charge < -0.3 is 9.64 Å². The Morgan fingerprint density at radius 1 is 1.18 bits per heavy atom. The lowest BCUT2D eigenvalue weighted by Crippen LogP contribution is -2.41. The Balaban J connectivity index is 1.53. The van der Waals surface area contributed by atoms with Crippen LogP contribution in [0.3, 0.4) is 0 Å². The average Bonchev–Trinajstić information content (AvgIpc) is 3.24. The SMILES string of the molecule is C=C(C)C1CN(c2c(C)ccnc2Cl)C(=O)c2cc(F)c(-n3nc(COCc4ccccc4)n(CC)c3=O)cc21. The van der Waals surface area contributed by atoms with Crippen molar-refractivity contribution in [3.63, 3.8) is 0 Å². The van der Waals surface area contributed by atoms with Gasteiger partial charge in [0.2, 0.25) is 0 Å². The minimum absolute atomic E-state index is 0.0386. The van der Waals surface area contributed by atoms with Crippen LogP contribution in [0.5, 0.6) is 0 Å². The normalized spacial score (nSPS) is 14.9. The smallest absolute Gasteiger partial charge is 0.350 e. The van der Waals surface area contributed by atoms with Crippen LogP contribution in [0.15, 0.2) is 71.7 Å². The molecule has 5 rings (SSSR count). The van der Waals surface area contributed by atoms with Crippen molar-refractivity contribution in [1.29, 1.82) is 0 Å². The second kappa shape index (κ2) is 11.2. The monoisotopic (exact) mass is 561 g/mol. The maximum absolute atomic E-state index is 15.7. The van der Waals surface area contributed by atoms with E-state index in [1.54, 1.807) is 12.3 Å². The molecule has 1 amide bonds. The molecule has 10 heteroatoms. The lowest BCUT2D eigenvalue weighted by atomic mass is 9.84. The summed E-state index contributed by atoms with van der Waals surface area (Å²) in [6.07, 6.45) is 1.57. The zero-order chi connectivity index (χ0) is 28.6. The predicted octanol–water partition coefficient (Wildman–Crippen LogP) is 5.59. The third kappa shape index (κ3) is 4.98. The van der Waals surface area contributed by atoms with Crippen molar-refractivity contribution >= 4 is 23.2 Å². The van der Waals surface area contributed by atoms with Crippen molar-refractivity contribution in [3.05, 3.63) is 116 Å². The number of hydrogen-bond acceptors (Lipinski definition) is 5. The molecule has 2 aromatic carbocycles. The number of benzene rings is 2. The second-order valence-electron chi connectivity index (χ2n) is 9.81. The Hall–Kier alpha value is -4.08. The van der Waals surface area contributed by atoms with Gasteiger partial charge in [-0.05, 0) is 55.7 Å². The Morgan fingerprint density at radius 2 is 1.93 bits per heavy atom. The predicted molar refractivity (Wildman–Crippen MR) is 152 cm³/mol. The van der Waals surface area contributed by atoms with E-state index in [0.717, 1.165) is 27.4 Å². The van der Waals surface area contributed by atoms with Crippen molar-refractivity contribution in [2.75, 3.05) is 11.4 Å². The Morgan fingerprint density at radius 3 is 2.60 bits per heavy atom. The van der Waals surface area contributed by atoms with Crippen LogP contribution < -0.4 is 10.6 Å². The van der Waals surface area contributed by atoms with E-state index in [0.29, 0.717) is 30.2 Å². The lowest BCUT2D eigenvalue weighted by Gasteiger charge is -2.36. The van der Waals surface area contributed by atoms with Gasteiger partial charge in [-0.25, -0.2) is 14.2 Å². The first-order valence-corrected chi connectivity index (χ1v) is 13.3. The van der Waals surface area contributed by atoms with Crippen LogP contribution in [-0.4, -0.2) is 31.8 Å². The van der Waals surface area contributed by atoms with Crippen LogP contribution in [0.25, 0.3) is 5.69 Å². The number of rotatable bonds is 8. The van der Waals surface area contributed by atoms with E-state index in [9.17, 15) is 9.59 Å². The summed E-state index contributed by atoms with van der Waals surface area (Å²) in [5.74, 6) is -1.11. The highest BCUT2D eigenvalue weighted by Crippen LogP contribution is 2.39. The summed E-state index contributed by atoms with van der Waals surface area (Å²) in [6.45, 7) is 10.6. The van der Waals surface area contributed by atoms with Crippen molar-refractivity contribution in [1.82, 2.24) is 19.3 Å². The highest BCUT2D eigenvalue weighted by Gasteiger charge is 2.36. The fourth-order valence-corrected chi connectivity index (χ4v) is 5.34. The number of ether oxygens (including phenoxy) is 1. The Kier molecular flexibility index (Phi) is 7.69. The fourth-order valence-electron chi connectivity index (χ4n) is 5.03. The molecule has 1 atom stereocenters. The fraction of sp³-hybridized carbons (Fsp3) is 0.267. The van der Waals surface area contributed by atoms with Crippen molar-refractivity contribution < 1.29 is 13.9 Å².